The van der Waals surface area contributed by atoms with Crippen molar-refractivity contribution in [3.8, 4) is 0 Å². The van der Waals surface area contributed by atoms with Crippen molar-refractivity contribution in [2.75, 3.05) is 35.8 Å². The molecule has 3 fully saturated rings. The van der Waals surface area contributed by atoms with Gasteiger partial charge in [-0.15, -0.1) is 0 Å². The summed E-state index contributed by atoms with van der Waals surface area (Å²) in [7, 11) is -16.8. The molecule has 76 heavy (non-hydrogen) atoms. The number of carbonyl (C=O) groups is 3. The Hall–Kier alpha value is -4.17. The number of nitrogens with one attached hydrogen (secondary N) is 3. The smallest absolute Gasteiger partial charge is 0.394 e. The van der Waals surface area contributed by atoms with Crippen molar-refractivity contribution < 1.29 is 120 Å². The lowest BCUT2D eigenvalue weighted by atomic mass is 10.1. The highest BCUT2D eigenvalue weighted by molar-refractivity contribution is 8.05. The normalized spacial score (nSPS) is 27.9. The summed E-state index contributed by atoms with van der Waals surface area (Å²) in [6.45, 7) is 1.72. The standard InChI is InChI=1S/C11H14Cl2N3O7P.C11H18N3O15P3.C11H15N3O6/c1-5(17)14-7-2-3-16(11(20)15-7)10-9(19)8(18)6(23-10)4-22-24(12,13)21;1-5(15)12-7-2-3-14(11(18)13-7)10-9(17)8(16)6(27-10)4-26-31(22,23)29-32(24,25)28-30(19,20)21;1-5(16)12-7-2-3-14(11(19)13-7)10-9(18)8(17)6(4-15)20-10/h2-3,6,8-10,18-19H,4H2,1H3,(H,14,15,17,20);2-3,6,8-10,16-17H,4H2,1H3,(H,22,23)(H,24,25)(H2,19,20,21)(H,12,13,15,18);2-3,6,8-10,15,17-18H,4H2,1H3,(H,12,13,16,19)/t3*6-,8+,9?,10-/m111/s1. The molecular weight excluding hydrogens is 1170 g/mol. The van der Waals surface area contributed by atoms with E-state index in [-0.39, 0.29) is 23.4 Å². The molecule has 0 aromatic carbocycles. The molecule has 6 rings (SSSR count). The third kappa shape index (κ3) is 18.8. The second kappa shape index (κ2) is 26.7. The van der Waals surface area contributed by atoms with Gasteiger partial charge in [0.2, 0.25) is 17.7 Å². The molecule has 5 unspecified atom stereocenters. The molecule has 0 saturated carbocycles. The number of aromatic nitrogens is 6. The minimum Gasteiger partial charge on any atom is -0.394 e. The lowest BCUT2D eigenvalue weighted by molar-refractivity contribution is -0.115. The average molecular weight is 1210 g/mol. The fourth-order valence-electron chi connectivity index (χ4n) is 6.50. The van der Waals surface area contributed by atoms with Gasteiger partial charge in [0.1, 0.15) is 72.4 Å². The summed E-state index contributed by atoms with van der Waals surface area (Å²) in [5, 5.41) is 75.5. The van der Waals surface area contributed by atoms with Gasteiger partial charge in [0.15, 0.2) is 18.7 Å². The lowest BCUT2D eigenvalue weighted by Gasteiger charge is -2.19. The Bertz CT molecular complexity index is 2950. The molecule has 6 heterocycles. The lowest BCUT2D eigenvalue weighted by Crippen LogP contribution is -2.36. The van der Waals surface area contributed by atoms with Gasteiger partial charge in [0.25, 0.3) is 0 Å². The Kier molecular flexibility index (Phi) is 22.6. The molecular formula is C33H47Cl2N9O28P4. The van der Waals surface area contributed by atoms with Crippen molar-refractivity contribution in [3.05, 3.63) is 68.2 Å². The SMILES string of the molecule is CC(=O)Nc1ccn([C@@H]2O[C@H](CO)[C@H](O)C2O)c(=O)n1.CC(=O)Nc1ccn([C@@H]2O[C@H](COP(=O)(Cl)Cl)[C@H](O)C2O)c(=O)n1.CC(=O)Nc1ccn([C@@H]2O[C@H](COP(=O)(O)OP(=O)(O)OP(=O)(O)O)[C@H](O)C2O)c(=O)n1. The maximum Gasteiger partial charge on any atom is 0.490 e. The van der Waals surface area contributed by atoms with Crippen LogP contribution < -0.4 is 33.0 Å². The molecule has 0 aliphatic carbocycles. The zero-order valence-electron chi connectivity index (χ0n) is 38.6. The Balaban J connectivity index is 0.000000254. The van der Waals surface area contributed by atoms with Crippen molar-refractivity contribution in [2.24, 2.45) is 0 Å². The minimum atomic E-state index is -5.74. The van der Waals surface area contributed by atoms with Crippen molar-refractivity contribution in [1.82, 2.24) is 28.7 Å². The van der Waals surface area contributed by atoms with Gasteiger partial charge in [0.05, 0.1) is 19.8 Å². The molecule has 3 aromatic heterocycles. The Morgan fingerprint density at radius 3 is 1.14 bits per heavy atom. The van der Waals surface area contributed by atoms with Crippen molar-refractivity contribution >= 4 is 87.2 Å². The molecule has 0 spiro atoms. The summed E-state index contributed by atoms with van der Waals surface area (Å²) in [6, 6.07) is 3.86. The number of phosphoric acid groups is 3. The van der Waals surface area contributed by atoms with E-state index < -0.39 is 152 Å². The van der Waals surface area contributed by atoms with Gasteiger partial charge >= 0.3 is 46.6 Å². The largest absolute Gasteiger partial charge is 0.490 e. The number of anilines is 3. The maximum absolute atomic E-state index is 12.1. The van der Waals surface area contributed by atoms with Crippen LogP contribution in [-0.4, -0.2) is 176 Å². The summed E-state index contributed by atoms with van der Waals surface area (Å²) in [5.74, 6) is -1.28. The van der Waals surface area contributed by atoms with Crippen LogP contribution in [0, 0.1) is 0 Å². The number of aliphatic hydroxyl groups is 7. The van der Waals surface area contributed by atoms with Crippen LogP contribution >= 0.6 is 52.0 Å². The Labute approximate surface area is 433 Å². The Morgan fingerprint density at radius 1 is 0.553 bits per heavy atom. The highest BCUT2D eigenvalue weighted by atomic mass is 35.9. The number of hydrogen-bond donors (Lipinski definition) is 14. The fourth-order valence-corrected chi connectivity index (χ4v) is 10.2. The number of hydrogen-bond acceptors (Lipinski definition) is 27. The van der Waals surface area contributed by atoms with Crippen LogP contribution in [0.25, 0.3) is 0 Å². The molecule has 3 aliphatic rings. The van der Waals surface area contributed by atoms with Crippen LogP contribution in [0.4, 0.5) is 17.5 Å². The summed E-state index contributed by atoms with van der Waals surface area (Å²) in [5.41, 5.74) is -2.58. The van der Waals surface area contributed by atoms with Crippen molar-refractivity contribution in [1.29, 1.82) is 0 Å². The minimum absolute atomic E-state index is 0.0295. The number of aliphatic hydroxyl groups excluding tert-OH is 7. The molecule has 14 atom stereocenters. The number of ether oxygens (including phenoxy) is 3. The van der Waals surface area contributed by atoms with E-state index in [4.69, 9.17) is 56.5 Å². The van der Waals surface area contributed by atoms with Gasteiger partial charge in [0, 0.05) is 39.4 Å². The van der Waals surface area contributed by atoms with E-state index in [9.17, 15) is 82.6 Å². The van der Waals surface area contributed by atoms with E-state index in [1.165, 1.54) is 51.4 Å². The summed E-state index contributed by atoms with van der Waals surface area (Å²) < 4.78 is 79.2. The number of halogens is 2. The molecule has 0 radical (unpaired) electrons. The van der Waals surface area contributed by atoms with Crippen LogP contribution in [0.1, 0.15) is 39.5 Å². The molecule has 0 bridgehead atoms. The van der Waals surface area contributed by atoms with Gasteiger partial charge in [-0.2, -0.15) is 23.6 Å². The quantitative estimate of drug-likeness (QED) is 0.0581. The van der Waals surface area contributed by atoms with E-state index in [0.717, 1.165) is 19.9 Å². The first-order valence-electron chi connectivity index (χ1n) is 20.7. The Morgan fingerprint density at radius 2 is 0.868 bits per heavy atom. The number of nitrogens with zero attached hydrogens (tertiary/aromatic N) is 6. The first-order valence-corrected chi connectivity index (χ1v) is 28.7. The zero-order chi connectivity index (χ0) is 57.4. The molecule has 43 heteroatoms. The predicted octanol–water partition coefficient (Wildman–Crippen LogP) is -3.60. The second-order valence-electron chi connectivity index (χ2n) is 15.5. The molecule has 3 amide bonds. The van der Waals surface area contributed by atoms with Crippen LogP contribution in [0.5, 0.6) is 0 Å². The summed E-state index contributed by atoms with van der Waals surface area (Å²) in [4.78, 5) is 115. The van der Waals surface area contributed by atoms with Crippen molar-refractivity contribution in [3.63, 3.8) is 0 Å². The first kappa shape index (κ1) is 64.4. The monoisotopic (exact) mass is 1210 g/mol. The van der Waals surface area contributed by atoms with Gasteiger partial charge in [-0.05, 0) is 40.7 Å². The average Bonchev–Trinajstić information content (AvgIpc) is 3.84. The van der Waals surface area contributed by atoms with Gasteiger partial charge in [-0.25, -0.2) is 28.1 Å². The van der Waals surface area contributed by atoms with Gasteiger partial charge in [-0.3, -0.25) is 37.2 Å². The molecule has 37 nitrogen and oxygen atoms in total. The molecule has 3 aromatic rings. The highest BCUT2D eigenvalue weighted by Gasteiger charge is 2.48. The van der Waals surface area contributed by atoms with Gasteiger partial charge in [-0.1, -0.05) is 0 Å². The predicted molar refractivity (Wildman–Crippen MR) is 248 cm³/mol. The molecule has 426 valence electrons. The van der Waals surface area contributed by atoms with E-state index in [1.807, 2.05) is 0 Å². The first-order chi connectivity index (χ1) is 35.0. The zero-order valence-corrected chi connectivity index (χ0v) is 43.7. The van der Waals surface area contributed by atoms with Gasteiger partial charge < -0.3 is 90.0 Å². The van der Waals surface area contributed by atoms with E-state index >= 15 is 0 Å². The molecule has 14 N–H and O–H groups in total. The highest BCUT2D eigenvalue weighted by Crippen LogP contribution is 2.66. The number of rotatable bonds is 17. The number of phosphoric ester groups is 1. The third-order valence-corrected chi connectivity index (χ3v) is 14.5. The fraction of sp³-hybridized carbons (Fsp3) is 0.545. The second-order valence-corrected chi connectivity index (χ2v) is 24.2. The van der Waals surface area contributed by atoms with E-state index in [1.54, 1.807) is 0 Å². The molecule has 3 aliphatic heterocycles. The third-order valence-electron chi connectivity index (χ3n) is 9.62. The van der Waals surface area contributed by atoms with E-state index in [0.29, 0.717) is 0 Å². The van der Waals surface area contributed by atoms with Crippen LogP contribution in [-0.2, 0) is 64.5 Å². The maximum atomic E-state index is 12.1. The number of amides is 3. The molecule has 3 saturated heterocycles. The summed E-state index contributed by atoms with van der Waals surface area (Å²) >= 11 is 10.5. The van der Waals surface area contributed by atoms with Crippen LogP contribution in [0.2, 0.25) is 0 Å². The number of carbonyl (C=O) groups excluding carboxylic acids is 3. The topological polar surface area (TPSA) is 547 Å². The van der Waals surface area contributed by atoms with Crippen LogP contribution in [0.15, 0.2) is 51.2 Å². The van der Waals surface area contributed by atoms with Crippen LogP contribution in [0.3, 0.4) is 0 Å². The van der Waals surface area contributed by atoms with Crippen molar-refractivity contribution in [2.45, 2.75) is 94.4 Å². The summed E-state index contributed by atoms with van der Waals surface area (Å²) in [6.07, 6.45) is -17.0. The van der Waals surface area contributed by atoms with E-state index in [2.05, 4.69) is 48.6 Å².